The first-order valence-electron chi connectivity index (χ1n) is 13.1. The summed E-state index contributed by atoms with van der Waals surface area (Å²) in [6, 6.07) is 13.5. The Morgan fingerprint density at radius 2 is 1.87 bits per heavy atom. The molecule has 10 heteroatoms. The lowest BCUT2D eigenvalue weighted by Gasteiger charge is -2.55. The summed E-state index contributed by atoms with van der Waals surface area (Å²) >= 11 is 0. The van der Waals surface area contributed by atoms with E-state index in [-0.39, 0.29) is 23.0 Å². The van der Waals surface area contributed by atoms with Gasteiger partial charge in [0.1, 0.15) is 11.9 Å². The summed E-state index contributed by atoms with van der Waals surface area (Å²) in [6.45, 7) is 3.51. The second-order valence-corrected chi connectivity index (χ2v) is 10.7. The average molecular weight is 519 g/mol. The Morgan fingerprint density at radius 3 is 2.53 bits per heavy atom. The summed E-state index contributed by atoms with van der Waals surface area (Å²) in [6.07, 6.45) is 5.63. The fraction of sp³-hybridized carbons (Fsp3) is 0.429. The normalized spacial score (nSPS) is 21.9. The van der Waals surface area contributed by atoms with Crippen LogP contribution in [0.4, 0.5) is 4.39 Å². The lowest BCUT2D eigenvalue weighted by atomic mass is 9.77. The molecular weight excluding hydrogens is 487 g/mol. The van der Waals surface area contributed by atoms with Gasteiger partial charge in [-0.15, -0.1) is 5.10 Å². The summed E-state index contributed by atoms with van der Waals surface area (Å²) in [5.41, 5.74) is 2.54. The highest BCUT2D eigenvalue weighted by Gasteiger charge is 2.51. The van der Waals surface area contributed by atoms with Gasteiger partial charge in [-0.3, -0.25) is 9.59 Å². The summed E-state index contributed by atoms with van der Waals surface area (Å²) in [5.74, 6) is -0.135. The minimum absolute atomic E-state index is 0.0364. The molecule has 9 nitrogen and oxygen atoms in total. The second kappa shape index (κ2) is 10.3. The van der Waals surface area contributed by atoms with Gasteiger partial charge in [-0.1, -0.05) is 17.3 Å². The molecule has 2 amide bonds. The first kappa shape index (κ1) is 24.7. The Bertz CT molecular complexity index is 1270. The lowest BCUT2D eigenvalue weighted by molar-refractivity contribution is -0.196. The summed E-state index contributed by atoms with van der Waals surface area (Å²) in [5, 5.41) is 14.3. The van der Waals surface area contributed by atoms with E-state index in [1.807, 2.05) is 17.0 Å². The Morgan fingerprint density at radius 1 is 1.11 bits per heavy atom. The number of carbonyl (C=O) groups excluding carboxylic acids is 2. The third-order valence-electron chi connectivity index (χ3n) is 7.77. The van der Waals surface area contributed by atoms with Gasteiger partial charge < -0.3 is 20.3 Å². The van der Waals surface area contributed by atoms with Crippen molar-refractivity contribution in [1.82, 2.24) is 30.5 Å². The Labute approximate surface area is 220 Å². The summed E-state index contributed by atoms with van der Waals surface area (Å²) in [4.78, 5) is 28.2. The monoisotopic (exact) mass is 518 g/mol. The maximum atomic E-state index is 13.3. The Balaban J connectivity index is 1.04. The van der Waals surface area contributed by atoms with Crippen LogP contribution in [0.2, 0.25) is 0 Å². The van der Waals surface area contributed by atoms with E-state index in [0.29, 0.717) is 50.2 Å². The van der Waals surface area contributed by atoms with Crippen LogP contribution in [0, 0.1) is 11.2 Å². The molecule has 6 rings (SSSR count). The fourth-order valence-electron chi connectivity index (χ4n) is 5.42. The van der Waals surface area contributed by atoms with Crippen molar-refractivity contribution in [3.63, 3.8) is 0 Å². The van der Waals surface area contributed by atoms with Gasteiger partial charge in [0.05, 0.1) is 36.7 Å². The average Bonchev–Trinajstić information content (AvgIpc) is 3.43. The minimum Gasteiger partial charge on any atom is -0.380 e. The number of ether oxygens (including phenoxy) is 1. The number of aromatic nitrogens is 3. The highest BCUT2D eigenvalue weighted by Crippen LogP contribution is 2.41. The number of hydrogen-bond donors (Lipinski definition) is 2. The number of nitrogens with zero attached hydrogens (tertiary/aromatic N) is 4. The number of benzene rings is 2. The van der Waals surface area contributed by atoms with E-state index in [1.165, 1.54) is 12.1 Å². The number of rotatable bonds is 10. The van der Waals surface area contributed by atoms with Crippen LogP contribution in [0.1, 0.15) is 41.1 Å². The van der Waals surface area contributed by atoms with Gasteiger partial charge in [-0.05, 0) is 67.8 Å². The Kier molecular flexibility index (Phi) is 6.67. The zero-order valence-electron chi connectivity index (χ0n) is 21.1. The molecular formula is C28H31FN6O3. The standard InChI is InChI=1S/C28H31FN6O3/c29-21-7-3-19(4-8-21)23-14-25(23)30-11-1-2-24(27(37)34-15-28(16-34)17-38-18-28)32-26(36)20-5-9-22(10-6-20)35-13-12-31-33-35/h3-10,12-13,23-25,30H,1-2,11,14-18H2,(H,32,36)/t23-,24-,25+/m0/s1. The van der Waals surface area contributed by atoms with E-state index in [0.717, 1.165) is 30.6 Å². The number of carbonyl (C=O) groups is 2. The molecule has 198 valence electrons. The van der Waals surface area contributed by atoms with Gasteiger partial charge in [0, 0.05) is 30.6 Å². The van der Waals surface area contributed by atoms with Crippen LogP contribution in [0.5, 0.6) is 0 Å². The largest absolute Gasteiger partial charge is 0.380 e. The van der Waals surface area contributed by atoms with E-state index in [4.69, 9.17) is 4.74 Å². The van der Waals surface area contributed by atoms with Crippen molar-refractivity contribution in [2.75, 3.05) is 32.8 Å². The van der Waals surface area contributed by atoms with Crippen LogP contribution in [0.3, 0.4) is 0 Å². The lowest BCUT2D eigenvalue weighted by Crippen LogP contribution is -2.69. The van der Waals surface area contributed by atoms with E-state index in [1.54, 1.807) is 41.3 Å². The number of hydrogen-bond acceptors (Lipinski definition) is 6. The van der Waals surface area contributed by atoms with Crippen LogP contribution < -0.4 is 10.6 Å². The number of nitrogens with one attached hydrogen (secondary N) is 2. The van der Waals surface area contributed by atoms with Gasteiger partial charge in [0.15, 0.2) is 0 Å². The molecule has 0 unspecified atom stereocenters. The molecule has 3 fully saturated rings. The van der Waals surface area contributed by atoms with E-state index in [2.05, 4.69) is 20.9 Å². The van der Waals surface area contributed by atoms with Crippen molar-refractivity contribution in [1.29, 1.82) is 0 Å². The predicted octanol–water partition coefficient (Wildman–Crippen LogP) is 2.29. The first-order chi connectivity index (χ1) is 18.5. The highest BCUT2D eigenvalue weighted by atomic mass is 19.1. The van der Waals surface area contributed by atoms with E-state index in [9.17, 15) is 14.0 Å². The topological polar surface area (TPSA) is 101 Å². The van der Waals surface area contributed by atoms with Crippen molar-refractivity contribution < 1.29 is 18.7 Å². The van der Waals surface area contributed by atoms with Gasteiger partial charge in [0.2, 0.25) is 5.91 Å². The van der Waals surface area contributed by atoms with Crippen molar-refractivity contribution in [3.8, 4) is 5.69 Å². The highest BCUT2D eigenvalue weighted by molar-refractivity contribution is 5.97. The molecule has 3 heterocycles. The van der Waals surface area contributed by atoms with Crippen molar-refractivity contribution >= 4 is 11.8 Å². The van der Waals surface area contributed by atoms with Crippen LogP contribution in [-0.2, 0) is 9.53 Å². The van der Waals surface area contributed by atoms with E-state index >= 15 is 0 Å². The van der Waals surface area contributed by atoms with Crippen LogP contribution in [0.25, 0.3) is 5.69 Å². The molecule has 1 spiro atoms. The van der Waals surface area contributed by atoms with Gasteiger partial charge in [0.25, 0.3) is 5.91 Å². The SMILES string of the molecule is O=C(N[C@@H](CCCN[C@@H]1C[C@H]1c1ccc(F)cc1)C(=O)N1CC2(COC2)C1)c1ccc(-n2ccnn2)cc1. The second-order valence-electron chi connectivity index (χ2n) is 10.7. The first-order valence-corrected chi connectivity index (χ1v) is 13.1. The molecule has 1 aromatic heterocycles. The molecule has 0 bridgehead atoms. The predicted molar refractivity (Wildman–Crippen MR) is 137 cm³/mol. The summed E-state index contributed by atoms with van der Waals surface area (Å²) in [7, 11) is 0. The van der Waals surface area contributed by atoms with Crippen LogP contribution in [-0.4, -0.2) is 76.6 Å². The van der Waals surface area contributed by atoms with Crippen LogP contribution in [0.15, 0.2) is 60.9 Å². The zero-order chi connectivity index (χ0) is 26.1. The molecule has 38 heavy (non-hydrogen) atoms. The quantitative estimate of drug-likeness (QED) is 0.400. The molecule has 3 aliphatic rings. The molecule has 3 aromatic rings. The molecule has 3 atom stereocenters. The van der Waals surface area contributed by atoms with Crippen molar-refractivity contribution in [2.24, 2.45) is 5.41 Å². The van der Waals surface area contributed by atoms with Crippen molar-refractivity contribution in [2.45, 2.75) is 37.3 Å². The van der Waals surface area contributed by atoms with E-state index < -0.39 is 6.04 Å². The molecule has 1 aliphatic carbocycles. The molecule has 0 radical (unpaired) electrons. The molecule has 2 aromatic carbocycles. The van der Waals surface area contributed by atoms with Crippen molar-refractivity contribution in [3.05, 3.63) is 77.9 Å². The third kappa shape index (κ3) is 5.19. The third-order valence-corrected chi connectivity index (χ3v) is 7.77. The smallest absolute Gasteiger partial charge is 0.251 e. The number of halogens is 1. The zero-order valence-corrected chi connectivity index (χ0v) is 21.1. The minimum atomic E-state index is -0.593. The maximum Gasteiger partial charge on any atom is 0.251 e. The molecule has 1 saturated carbocycles. The molecule has 2 N–H and O–H groups in total. The van der Waals surface area contributed by atoms with Gasteiger partial charge >= 0.3 is 0 Å². The number of amides is 2. The summed E-state index contributed by atoms with van der Waals surface area (Å²) < 4.78 is 20.1. The molecule has 2 saturated heterocycles. The van der Waals surface area contributed by atoms with Crippen LogP contribution >= 0.6 is 0 Å². The van der Waals surface area contributed by atoms with Gasteiger partial charge in [-0.25, -0.2) is 9.07 Å². The molecule has 2 aliphatic heterocycles. The fourth-order valence-corrected chi connectivity index (χ4v) is 5.42. The maximum absolute atomic E-state index is 13.3. The van der Waals surface area contributed by atoms with Gasteiger partial charge in [-0.2, -0.15) is 0 Å². The Hall–Kier alpha value is -3.63. The number of likely N-dealkylation sites (tertiary alicyclic amines) is 1.